The quantitative estimate of drug-likeness (QED) is 0.386. The first-order valence-corrected chi connectivity index (χ1v) is 3.10. The van der Waals surface area contributed by atoms with Crippen LogP contribution in [0.2, 0.25) is 0 Å². The van der Waals surface area contributed by atoms with Crippen molar-refractivity contribution in [3.05, 3.63) is 60.2 Å². The summed E-state index contributed by atoms with van der Waals surface area (Å²) in [5.41, 5.74) is 0.389. The van der Waals surface area contributed by atoms with Gasteiger partial charge in [-0.25, -0.2) is 0 Å². The second-order valence-electron chi connectivity index (χ2n) is 1.71. The summed E-state index contributed by atoms with van der Waals surface area (Å²) >= 11 is 0. The van der Waals surface area contributed by atoms with Gasteiger partial charge in [-0.1, -0.05) is 0 Å². The number of aldehydes is 1. The summed E-state index contributed by atoms with van der Waals surface area (Å²) in [6, 6.07) is 21.9. The van der Waals surface area contributed by atoms with Crippen LogP contribution in [0.25, 0.3) is 0 Å². The van der Waals surface area contributed by atoms with Crippen molar-refractivity contribution in [2.75, 3.05) is 0 Å². The number of rotatable bonds is 1. The Labute approximate surface area is 88.6 Å². The Morgan fingerprint density at radius 2 is 1.54 bits per heavy atom. The van der Waals surface area contributed by atoms with Crippen molar-refractivity contribution in [2.24, 2.45) is 0 Å². The maximum atomic E-state index is 9.77. The maximum absolute atomic E-state index is 9.77. The third-order valence-corrected chi connectivity index (χ3v) is 0.926. The molecule has 13 heavy (non-hydrogen) atoms. The molecule has 0 heterocycles. The van der Waals surface area contributed by atoms with Gasteiger partial charge in [0.05, 0.1) is 0 Å². The molecule has 0 atom stereocenters. The van der Waals surface area contributed by atoms with Crippen LogP contribution in [0.5, 0.6) is 0 Å². The Hall–Kier alpha value is -1.11. The van der Waals surface area contributed by atoms with Crippen LogP contribution >= 0.6 is 0 Å². The third-order valence-electron chi connectivity index (χ3n) is 0.926. The van der Waals surface area contributed by atoms with E-state index in [9.17, 15) is 4.79 Å². The minimum atomic E-state index is 0. The molecule has 2 aromatic carbocycles. The molecule has 0 N–H and O–H groups in total. The second kappa shape index (κ2) is 7.53. The van der Waals surface area contributed by atoms with Crippen molar-refractivity contribution in [1.82, 2.24) is 0 Å². The zero-order valence-corrected chi connectivity index (χ0v) is 7.52. The normalized spacial score (nSPS) is 7.69. The predicted octanol–water partition coefficient (Wildman–Crippen LogP) is 1.02. The molecule has 2 heteroatoms. The topological polar surface area (TPSA) is 17.1 Å². The predicted molar refractivity (Wildman–Crippen MR) is 40.1 cm³/mol. The number of hydrogen-bond acceptors (Lipinski definition) is 1. The van der Waals surface area contributed by atoms with E-state index in [1.54, 1.807) is 6.07 Å². The van der Waals surface area contributed by atoms with E-state index in [4.69, 9.17) is 0 Å². The number of carbonyl (C=O) groups excluding carboxylic acids is 1. The molecule has 0 aliphatic carbocycles. The zero-order valence-electron chi connectivity index (χ0n) is 6.42. The Balaban J connectivity index is 0.000000215. The van der Waals surface area contributed by atoms with Crippen LogP contribution in [0, 0.1) is 48.5 Å². The Bertz CT molecular complexity index is 265. The molecule has 0 unspecified atom stereocenters. The summed E-state index contributed by atoms with van der Waals surface area (Å²) in [4.78, 5) is 9.77. The van der Waals surface area contributed by atoms with Gasteiger partial charge in [0.25, 0.3) is 0 Å². The average Bonchev–Trinajstić information content (AvgIpc) is 2.81. The summed E-state index contributed by atoms with van der Waals surface area (Å²) in [6.07, 6.45) is 0.660. The fraction of sp³-hybridized carbons (Fsp3) is 0. The summed E-state index contributed by atoms with van der Waals surface area (Å²) < 4.78 is 0. The molecule has 70 valence electrons. The van der Waals surface area contributed by atoms with Crippen LogP contribution in [0.15, 0.2) is 6.07 Å². The van der Waals surface area contributed by atoms with Crippen LogP contribution in [0.3, 0.4) is 0 Å². The molecule has 0 saturated heterocycles. The largest absolute Gasteiger partial charge is 0.999 e. The molecule has 0 amide bonds. The van der Waals surface area contributed by atoms with Crippen molar-refractivity contribution in [1.29, 1.82) is 0 Å². The van der Waals surface area contributed by atoms with E-state index in [0.29, 0.717) is 11.8 Å². The monoisotopic (exact) mass is 206 g/mol. The third kappa shape index (κ3) is 5.18. The van der Waals surface area contributed by atoms with Crippen molar-refractivity contribution >= 4 is 6.29 Å². The van der Waals surface area contributed by atoms with Gasteiger partial charge in [0.2, 0.25) is 0 Å². The number of carbonyl (C=O) groups is 1. The molecule has 0 bridgehead atoms. The second-order valence-corrected chi connectivity index (χ2v) is 1.71. The van der Waals surface area contributed by atoms with Crippen LogP contribution in [-0.4, -0.2) is 6.29 Å². The van der Waals surface area contributed by atoms with Gasteiger partial charge >= 0.3 is 0 Å². The van der Waals surface area contributed by atoms with Gasteiger partial charge in [0.15, 0.2) is 0 Å². The van der Waals surface area contributed by atoms with E-state index in [1.807, 2.05) is 0 Å². The molecule has 0 aromatic heterocycles. The van der Waals surface area contributed by atoms with Gasteiger partial charge in [-0.05, 0) is 0 Å². The van der Waals surface area contributed by atoms with Crippen LogP contribution < -0.4 is 0 Å². The molecule has 0 fully saturated rings. The van der Waals surface area contributed by atoms with Crippen LogP contribution in [0.1, 0.15) is 10.4 Å². The molecule has 1 nitrogen and oxygen atoms in total. The van der Waals surface area contributed by atoms with Gasteiger partial charge in [-0.2, -0.15) is 0 Å². The van der Waals surface area contributed by atoms with Gasteiger partial charge in [0, 0.05) is 17.1 Å². The fourth-order valence-electron chi connectivity index (χ4n) is 0.468. The summed E-state index contributed by atoms with van der Waals surface area (Å²) in [5, 5.41) is 0. The first-order chi connectivity index (χ1) is 5.93. The summed E-state index contributed by atoms with van der Waals surface area (Å²) in [7, 11) is 0. The summed E-state index contributed by atoms with van der Waals surface area (Å²) in [5.74, 6) is 0. The molecule has 0 saturated carbocycles. The molecule has 0 radical (unpaired) electrons. The fourth-order valence-corrected chi connectivity index (χ4v) is 0.468. The molecule has 0 aliphatic heterocycles. The van der Waals surface area contributed by atoms with Crippen molar-refractivity contribution in [3.63, 3.8) is 0 Å². The van der Waals surface area contributed by atoms with E-state index in [-0.39, 0.29) is 17.1 Å². The van der Waals surface area contributed by atoms with Crippen LogP contribution in [0.4, 0.5) is 0 Å². The Kier molecular flexibility index (Phi) is 6.89. The molecule has 2 rings (SSSR count). The molecule has 0 aliphatic rings. The van der Waals surface area contributed by atoms with Gasteiger partial charge in [-0.3, -0.25) is 6.29 Å². The van der Waals surface area contributed by atoms with Crippen molar-refractivity contribution in [2.45, 2.75) is 0 Å². The molecule has 2 aromatic rings. The maximum Gasteiger partial charge on any atom is 0 e. The standard InChI is InChI=1S/C6HO.C5H.Fe/c7-5-6-3-1-2-4-6;1-2-4-5-3-1;/h5H;1H;/q2*-5;. The van der Waals surface area contributed by atoms with Crippen LogP contribution in [-0.2, 0) is 17.1 Å². The van der Waals surface area contributed by atoms with E-state index in [0.717, 1.165) is 0 Å². The average molecular weight is 206 g/mol. The minimum Gasteiger partial charge on any atom is -0.999 e. The van der Waals surface area contributed by atoms with E-state index in [2.05, 4.69) is 48.5 Å². The number of hydrogen-bond donors (Lipinski definition) is 0. The molecular formula is C11H2FeO-10. The first-order valence-electron chi connectivity index (χ1n) is 3.10. The first kappa shape index (κ1) is 11.9. The van der Waals surface area contributed by atoms with Crippen molar-refractivity contribution < 1.29 is 21.9 Å². The Morgan fingerprint density at radius 3 is 1.77 bits per heavy atom. The van der Waals surface area contributed by atoms with Gasteiger partial charge in [0.1, 0.15) is 0 Å². The molecular weight excluding hydrogens is 204 g/mol. The van der Waals surface area contributed by atoms with Gasteiger partial charge < -0.3 is 65.0 Å². The van der Waals surface area contributed by atoms with Gasteiger partial charge in [-0.15, -0.1) is 0 Å². The van der Waals surface area contributed by atoms with E-state index >= 15 is 0 Å². The van der Waals surface area contributed by atoms with Crippen molar-refractivity contribution in [3.8, 4) is 0 Å². The Morgan fingerprint density at radius 1 is 1.00 bits per heavy atom. The minimum absolute atomic E-state index is 0. The molecule has 0 spiro atoms. The van der Waals surface area contributed by atoms with E-state index in [1.165, 1.54) is 0 Å². The summed E-state index contributed by atoms with van der Waals surface area (Å²) in [6.45, 7) is 0. The zero-order chi connectivity index (χ0) is 8.65. The van der Waals surface area contributed by atoms with E-state index < -0.39 is 0 Å². The smallest absolute Gasteiger partial charge is 0 e. The SMILES string of the molecule is O=C[c-]1[c-][c-][c-][c-]1.[Fe].[c-]1[c-][c-][cH-][c-]1.